The third kappa shape index (κ3) is 4.26. The molecule has 2 aliphatic rings. The molecule has 0 aromatic heterocycles. The second-order valence-corrected chi connectivity index (χ2v) is 9.83. The van der Waals surface area contributed by atoms with Crippen molar-refractivity contribution in [1.29, 1.82) is 0 Å². The Morgan fingerprint density at radius 3 is 2.37 bits per heavy atom. The molecule has 30 heavy (non-hydrogen) atoms. The molecule has 1 heterocycles. The normalized spacial score (nSPS) is 18.7. The minimum Gasteiger partial charge on any atom is -0.325 e. The van der Waals surface area contributed by atoms with Crippen LogP contribution in [0.15, 0.2) is 47.4 Å². The number of piperazine rings is 1. The minimum absolute atomic E-state index is 0.198. The van der Waals surface area contributed by atoms with E-state index in [0.717, 1.165) is 24.8 Å². The molecule has 0 radical (unpaired) electrons. The van der Waals surface area contributed by atoms with E-state index < -0.39 is 16.1 Å². The van der Waals surface area contributed by atoms with Gasteiger partial charge in [-0.25, -0.2) is 12.8 Å². The van der Waals surface area contributed by atoms with Gasteiger partial charge in [0.1, 0.15) is 5.82 Å². The smallest absolute Gasteiger partial charge is 0.243 e. The Morgan fingerprint density at radius 2 is 1.67 bits per heavy atom. The van der Waals surface area contributed by atoms with Crippen LogP contribution in [0.4, 0.5) is 10.1 Å². The SMILES string of the molecule is CC(C(=O)Nc1ccc(F)cc1)N1CCN(S(=O)(=O)c2ccc3c(c2)CCC3)CC1. The number of nitrogens with one attached hydrogen (secondary N) is 1. The van der Waals surface area contributed by atoms with Crippen LogP contribution in [0.25, 0.3) is 0 Å². The number of hydrogen-bond acceptors (Lipinski definition) is 4. The van der Waals surface area contributed by atoms with E-state index in [1.54, 1.807) is 13.0 Å². The summed E-state index contributed by atoms with van der Waals surface area (Å²) in [6.07, 6.45) is 3.04. The summed E-state index contributed by atoms with van der Waals surface area (Å²) in [5, 5.41) is 2.78. The lowest BCUT2D eigenvalue weighted by Crippen LogP contribution is -2.53. The molecule has 4 rings (SSSR count). The van der Waals surface area contributed by atoms with Gasteiger partial charge in [-0.3, -0.25) is 9.69 Å². The van der Waals surface area contributed by atoms with Gasteiger partial charge in [-0.2, -0.15) is 4.31 Å². The molecule has 0 spiro atoms. The van der Waals surface area contributed by atoms with Gasteiger partial charge in [-0.05, 0) is 73.7 Å². The van der Waals surface area contributed by atoms with Crippen LogP contribution in [0, 0.1) is 5.82 Å². The van der Waals surface area contributed by atoms with Crippen molar-refractivity contribution < 1.29 is 17.6 Å². The summed E-state index contributed by atoms with van der Waals surface area (Å²) in [7, 11) is -3.54. The summed E-state index contributed by atoms with van der Waals surface area (Å²) >= 11 is 0. The van der Waals surface area contributed by atoms with Gasteiger partial charge in [0.05, 0.1) is 10.9 Å². The van der Waals surface area contributed by atoms with E-state index >= 15 is 0 Å². The average Bonchev–Trinajstić information content (AvgIpc) is 3.23. The van der Waals surface area contributed by atoms with E-state index in [4.69, 9.17) is 0 Å². The van der Waals surface area contributed by atoms with Gasteiger partial charge in [-0.1, -0.05) is 6.07 Å². The number of fused-ring (bicyclic) bond motifs is 1. The maximum Gasteiger partial charge on any atom is 0.243 e. The van der Waals surface area contributed by atoms with Crippen LogP contribution in [-0.2, 0) is 27.7 Å². The first kappa shape index (κ1) is 21.0. The third-order valence-electron chi connectivity index (χ3n) is 6.02. The molecule has 1 aliphatic carbocycles. The predicted molar refractivity (Wildman–Crippen MR) is 113 cm³/mol. The summed E-state index contributed by atoms with van der Waals surface area (Å²) in [4.78, 5) is 14.9. The van der Waals surface area contributed by atoms with Gasteiger partial charge in [0.15, 0.2) is 0 Å². The molecule has 2 aromatic rings. The molecule has 1 aliphatic heterocycles. The second-order valence-electron chi connectivity index (χ2n) is 7.90. The molecule has 1 amide bonds. The van der Waals surface area contributed by atoms with Gasteiger partial charge in [0, 0.05) is 31.9 Å². The Labute approximate surface area is 176 Å². The van der Waals surface area contributed by atoms with Crippen molar-refractivity contribution in [1.82, 2.24) is 9.21 Å². The molecular weight excluding hydrogens is 405 g/mol. The lowest BCUT2D eigenvalue weighted by molar-refractivity contribution is -0.121. The lowest BCUT2D eigenvalue weighted by Gasteiger charge is -2.36. The average molecular weight is 432 g/mol. The van der Waals surface area contributed by atoms with Gasteiger partial charge in [-0.15, -0.1) is 0 Å². The number of anilines is 1. The van der Waals surface area contributed by atoms with Crippen LogP contribution in [0.5, 0.6) is 0 Å². The quantitative estimate of drug-likeness (QED) is 0.790. The van der Waals surface area contributed by atoms with Crippen LogP contribution in [-0.4, -0.2) is 55.8 Å². The topological polar surface area (TPSA) is 69.7 Å². The summed E-state index contributed by atoms with van der Waals surface area (Å²) in [6.45, 7) is 3.43. The first-order chi connectivity index (χ1) is 14.3. The van der Waals surface area contributed by atoms with Crippen LogP contribution < -0.4 is 5.32 Å². The fourth-order valence-electron chi connectivity index (χ4n) is 4.13. The number of aryl methyl sites for hydroxylation is 2. The first-order valence-corrected chi connectivity index (χ1v) is 11.7. The Morgan fingerprint density at radius 1 is 1.00 bits per heavy atom. The number of halogens is 1. The molecule has 8 heteroatoms. The molecule has 6 nitrogen and oxygen atoms in total. The zero-order valence-corrected chi connectivity index (χ0v) is 17.8. The summed E-state index contributed by atoms with van der Waals surface area (Å²) in [5.74, 6) is -0.557. The molecule has 0 bridgehead atoms. The molecule has 1 unspecified atom stereocenters. The van der Waals surface area contributed by atoms with Crippen LogP contribution in [0.1, 0.15) is 24.5 Å². The highest BCUT2D eigenvalue weighted by atomic mass is 32.2. The molecule has 1 atom stereocenters. The van der Waals surface area contributed by atoms with Crippen molar-refractivity contribution in [3.63, 3.8) is 0 Å². The maximum atomic E-state index is 13.1. The Hall–Kier alpha value is -2.29. The van der Waals surface area contributed by atoms with E-state index in [0.29, 0.717) is 36.8 Å². The van der Waals surface area contributed by atoms with Crippen LogP contribution in [0.2, 0.25) is 0 Å². The molecular formula is C22H26FN3O3S. The minimum atomic E-state index is -3.54. The fourth-order valence-corrected chi connectivity index (χ4v) is 5.61. The lowest BCUT2D eigenvalue weighted by atomic mass is 10.1. The number of sulfonamides is 1. The van der Waals surface area contributed by atoms with E-state index in [2.05, 4.69) is 5.32 Å². The molecule has 1 N–H and O–H groups in total. The molecule has 2 aromatic carbocycles. The van der Waals surface area contributed by atoms with Crippen LogP contribution in [0.3, 0.4) is 0 Å². The number of carbonyl (C=O) groups is 1. The summed E-state index contributed by atoms with van der Waals surface area (Å²) < 4.78 is 40.7. The van der Waals surface area contributed by atoms with Crippen LogP contribution >= 0.6 is 0 Å². The maximum absolute atomic E-state index is 13.1. The third-order valence-corrected chi connectivity index (χ3v) is 7.91. The van der Waals surface area contributed by atoms with Gasteiger partial charge in [0.25, 0.3) is 0 Å². The van der Waals surface area contributed by atoms with E-state index in [1.807, 2.05) is 17.0 Å². The number of nitrogens with zero attached hydrogens (tertiary/aromatic N) is 2. The Kier molecular flexibility index (Phi) is 5.90. The fraction of sp³-hybridized carbons (Fsp3) is 0.409. The van der Waals surface area contributed by atoms with Gasteiger partial charge in [0.2, 0.25) is 15.9 Å². The first-order valence-electron chi connectivity index (χ1n) is 10.3. The van der Waals surface area contributed by atoms with Crippen molar-refractivity contribution in [3.8, 4) is 0 Å². The second kappa shape index (κ2) is 8.45. The van der Waals surface area contributed by atoms with E-state index in [1.165, 1.54) is 34.1 Å². The van der Waals surface area contributed by atoms with Crippen molar-refractivity contribution in [3.05, 3.63) is 59.4 Å². The number of rotatable bonds is 5. The monoisotopic (exact) mass is 431 g/mol. The van der Waals surface area contributed by atoms with E-state index in [9.17, 15) is 17.6 Å². The standard InChI is InChI=1S/C22H26FN3O3S/c1-16(22(27)24-20-8-6-19(23)7-9-20)25-11-13-26(14-12-25)30(28,29)21-10-5-17-3-2-4-18(17)15-21/h5-10,15-16H,2-4,11-14H2,1H3,(H,24,27). The zero-order valence-electron chi connectivity index (χ0n) is 17.0. The van der Waals surface area contributed by atoms with Crippen molar-refractivity contribution in [2.24, 2.45) is 0 Å². The molecule has 160 valence electrons. The summed E-state index contributed by atoms with van der Waals surface area (Å²) in [5.41, 5.74) is 2.92. The highest BCUT2D eigenvalue weighted by Crippen LogP contribution is 2.27. The van der Waals surface area contributed by atoms with Crippen molar-refractivity contribution in [2.75, 3.05) is 31.5 Å². The van der Waals surface area contributed by atoms with Crippen molar-refractivity contribution >= 4 is 21.6 Å². The Balaban J connectivity index is 1.37. The van der Waals surface area contributed by atoms with Crippen molar-refractivity contribution in [2.45, 2.75) is 37.1 Å². The van der Waals surface area contributed by atoms with Gasteiger partial charge >= 0.3 is 0 Å². The molecule has 1 saturated heterocycles. The number of benzene rings is 2. The van der Waals surface area contributed by atoms with Gasteiger partial charge < -0.3 is 5.32 Å². The largest absolute Gasteiger partial charge is 0.325 e. The highest BCUT2D eigenvalue weighted by Gasteiger charge is 2.32. The highest BCUT2D eigenvalue weighted by molar-refractivity contribution is 7.89. The number of hydrogen-bond donors (Lipinski definition) is 1. The number of amides is 1. The van der Waals surface area contributed by atoms with E-state index in [-0.39, 0.29) is 11.7 Å². The predicted octanol–water partition coefficient (Wildman–Crippen LogP) is 2.65. The molecule has 1 fully saturated rings. The number of carbonyl (C=O) groups excluding carboxylic acids is 1. The molecule has 0 saturated carbocycles. The summed E-state index contributed by atoms with van der Waals surface area (Å²) in [6, 6.07) is 10.7. The zero-order chi connectivity index (χ0) is 21.3. The Bertz CT molecular complexity index is 1030.